The van der Waals surface area contributed by atoms with Crippen LogP contribution in [0.25, 0.3) is 11.5 Å². The fourth-order valence-electron chi connectivity index (χ4n) is 2.53. The predicted octanol–water partition coefficient (Wildman–Crippen LogP) is 4.76. The molecule has 0 radical (unpaired) electrons. The van der Waals surface area contributed by atoms with Crippen molar-refractivity contribution in [1.29, 1.82) is 0 Å². The quantitative estimate of drug-likeness (QED) is 0.657. The van der Waals surface area contributed by atoms with E-state index in [4.69, 9.17) is 9.15 Å². The van der Waals surface area contributed by atoms with Gasteiger partial charge in [-0.05, 0) is 56.7 Å². The molecule has 2 aromatic carbocycles. The van der Waals surface area contributed by atoms with Gasteiger partial charge in [0.15, 0.2) is 0 Å². The fraction of sp³-hybridized carbons (Fsp3) is 0.273. The molecule has 0 aliphatic heterocycles. The number of aryl methyl sites for hydroxylation is 1. The van der Waals surface area contributed by atoms with Crippen LogP contribution < -0.4 is 10.1 Å². The average molecular weight is 364 g/mol. The average Bonchev–Trinajstić information content (AvgIpc) is 3.07. The number of ether oxygens (including phenoxy) is 1. The lowest BCUT2D eigenvalue weighted by Gasteiger charge is -2.11. The SMILES string of the molecule is CCC(C)NC(=O)c1ccc(-c2nc(COc3ccccc3)c(C)o2)cc1. The van der Waals surface area contributed by atoms with Crippen molar-refractivity contribution >= 4 is 5.91 Å². The number of hydrogen-bond acceptors (Lipinski definition) is 4. The maximum absolute atomic E-state index is 12.2. The van der Waals surface area contributed by atoms with Crippen molar-refractivity contribution in [1.82, 2.24) is 10.3 Å². The van der Waals surface area contributed by atoms with E-state index in [2.05, 4.69) is 10.3 Å². The molecule has 140 valence electrons. The number of rotatable bonds is 7. The number of aromatic nitrogens is 1. The highest BCUT2D eigenvalue weighted by molar-refractivity contribution is 5.94. The minimum absolute atomic E-state index is 0.0727. The lowest BCUT2D eigenvalue weighted by Crippen LogP contribution is -2.31. The Labute approximate surface area is 159 Å². The summed E-state index contributed by atoms with van der Waals surface area (Å²) in [6.45, 7) is 6.24. The van der Waals surface area contributed by atoms with Crippen molar-refractivity contribution in [3.63, 3.8) is 0 Å². The summed E-state index contributed by atoms with van der Waals surface area (Å²) in [6, 6.07) is 17.0. The molecule has 5 heteroatoms. The van der Waals surface area contributed by atoms with E-state index in [-0.39, 0.29) is 11.9 Å². The van der Waals surface area contributed by atoms with Gasteiger partial charge < -0.3 is 14.5 Å². The van der Waals surface area contributed by atoms with Crippen LogP contribution in [0.4, 0.5) is 0 Å². The van der Waals surface area contributed by atoms with Gasteiger partial charge in [0.25, 0.3) is 5.91 Å². The summed E-state index contributed by atoms with van der Waals surface area (Å²) in [4.78, 5) is 16.7. The lowest BCUT2D eigenvalue weighted by atomic mass is 10.1. The third-order valence-corrected chi connectivity index (χ3v) is 4.40. The van der Waals surface area contributed by atoms with Crippen LogP contribution >= 0.6 is 0 Å². The highest BCUT2D eigenvalue weighted by Crippen LogP contribution is 2.23. The highest BCUT2D eigenvalue weighted by Gasteiger charge is 2.14. The van der Waals surface area contributed by atoms with Gasteiger partial charge in [0.05, 0.1) is 0 Å². The van der Waals surface area contributed by atoms with E-state index < -0.39 is 0 Å². The van der Waals surface area contributed by atoms with Crippen molar-refractivity contribution in [2.24, 2.45) is 0 Å². The summed E-state index contributed by atoms with van der Waals surface area (Å²) >= 11 is 0. The number of oxazole rings is 1. The molecule has 1 atom stereocenters. The van der Waals surface area contributed by atoms with Gasteiger partial charge in [0, 0.05) is 17.2 Å². The minimum Gasteiger partial charge on any atom is -0.487 e. The molecule has 1 unspecified atom stereocenters. The van der Waals surface area contributed by atoms with Crippen LogP contribution in [0, 0.1) is 6.92 Å². The summed E-state index contributed by atoms with van der Waals surface area (Å²) < 4.78 is 11.5. The van der Waals surface area contributed by atoms with E-state index in [1.807, 2.05) is 63.2 Å². The second-order valence-electron chi connectivity index (χ2n) is 6.48. The number of amides is 1. The van der Waals surface area contributed by atoms with E-state index in [1.54, 1.807) is 12.1 Å². The molecule has 5 nitrogen and oxygen atoms in total. The Hall–Kier alpha value is -3.08. The molecule has 0 bridgehead atoms. The topological polar surface area (TPSA) is 64.4 Å². The summed E-state index contributed by atoms with van der Waals surface area (Å²) in [5.41, 5.74) is 2.20. The first-order valence-electron chi connectivity index (χ1n) is 9.12. The van der Waals surface area contributed by atoms with Crippen molar-refractivity contribution < 1.29 is 13.9 Å². The molecule has 1 aromatic heterocycles. The van der Waals surface area contributed by atoms with E-state index in [0.717, 1.165) is 29.2 Å². The third-order valence-electron chi connectivity index (χ3n) is 4.40. The first-order chi connectivity index (χ1) is 13.1. The van der Waals surface area contributed by atoms with Crippen molar-refractivity contribution in [2.45, 2.75) is 39.8 Å². The summed E-state index contributed by atoms with van der Waals surface area (Å²) in [5, 5.41) is 2.96. The molecule has 0 saturated heterocycles. The van der Waals surface area contributed by atoms with Crippen LogP contribution in [0.2, 0.25) is 0 Å². The molecule has 27 heavy (non-hydrogen) atoms. The molecule has 1 amide bonds. The van der Waals surface area contributed by atoms with Crippen molar-refractivity contribution in [3.8, 4) is 17.2 Å². The number of nitrogens with one attached hydrogen (secondary N) is 1. The number of benzene rings is 2. The van der Waals surface area contributed by atoms with Gasteiger partial charge in [-0.2, -0.15) is 0 Å². The van der Waals surface area contributed by atoms with Gasteiger partial charge in [-0.25, -0.2) is 4.98 Å². The van der Waals surface area contributed by atoms with E-state index >= 15 is 0 Å². The highest BCUT2D eigenvalue weighted by atomic mass is 16.5. The number of nitrogens with zero attached hydrogens (tertiary/aromatic N) is 1. The summed E-state index contributed by atoms with van der Waals surface area (Å²) in [6.07, 6.45) is 0.896. The predicted molar refractivity (Wildman–Crippen MR) is 105 cm³/mol. The standard InChI is InChI=1S/C22H24N2O3/c1-4-15(2)23-21(25)17-10-12-18(13-11-17)22-24-20(16(3)27-22)14-26-19-8-6-5-7-9-19/h5-13,15H,4,14H2,1-3H3,(H,23,25). The number of hydrogen-bond donors (Lipinski definition) is 1. The zero-order valence-electron chi connectivity index (χ0n) is 15.9. The summed E-state index contributed by atoms with van der Waals surface area (Å²) in [7, 11) is 0. The second kappa shape index (κ2) is 8.54. The molecule has 1 N–H and O–H groups in total. The molecule has 0 spiro atoms. The molecule has 0 saturated carbocycles. The Morgan fingerprint density at radius 3 is 2.52 bits per heavy atom. The van der Waals surface area contributed by atoms with Crippen LogP contribution in [0.15, 0.2) is 59.0 Å². The Balaban J connectivity index is 1.69. The van der Waals surface area contributed by atoms with Crippen LogP contribution in [-0.4, -0.2) is 16.9 Å². The van der Waals surface area contributed by atoms with Gasteiger partial charge in [0.2, 0.25) is 5.89 Å². The smallest absolute Gasteiger partial charge is 0.251 e. The number of carbonyl (C=O) groups excluding carboxylic acids is 1. The molecule has 0 aliphatic rings. The van der Waals surface area contributed by atoms with Gasteiger partial charge >= 0.3 is 0 Å². The van der Waals surface area contributed by atoms with Gasteiger partial charge in [-0.15, -0.1) is 0 Å². The third kappa shape index (κ3) is 4.76. The summed E-state index contributed by atoms with van der Waals surface area (Å²) in [5.74, 6) is 1.96. The van der Waals surface area contributed by atoms with Crippen molar-refractivity contribution in [3.05, 3.63) is 71.6 Å². The maximum Gasteiger partial charge on any atom is 0.251 e. The Morgan fingerprint density at radius 2 is 1.85 bits per heavy atom. The molecule has 3 aromatic rings. The molecular weight excluding hydrogens is 340 g/mol. The van der Waals surface area contributed by atoms with Gasteiger partial charge in [-0.3, -0.25) is 4.79 Å². The zero-order valence-corrected chi connectivity index (χ0v) is 15.9. The Morgan fingerprint density at radius 1 is 1.15 bits per heavy atom. The first-order valence-corrected chi connectivity index (χ1v) is 9.12. The molecule has 3 rings (SSSR count). The van der Waals surface area contributed by atoms with Crippen molar-refractivity contribution in [2.75, 3.05) is 0 Å². The van der Waals surface area contributed by atoms with Crippen LogP contribution in [0.5, 0.6) is 5.75 Å². The van der Waals surface area contributed by atoms with Gasteiger partial charge in [0.1, 0.15) is 23.8 Å². The minimum atomic E-state index is -0.0727. The second-order valence-corrected chi connectivity index (χ2v) is 6.48. The van der Waals surface area contributed by atoms with E-state index in [9.17, 15) is 4.79 Å². The van der Waals surface area contributed by atoms with Gasteiger partial charge in [-0.1, -0.05) is 25.1 Å². The van der Waals surface area contributed by atoms with Crippen LogP contribution in [0.3, 0.4) is 0 Å². The lowest BCUT2D eigenvalue weighted by molar-refractivity contribution is 0.0939. The Kier molecular flexibility index (Phi) is 5.91. The molecule has 1 heterocycles. The number of carbonyl (C=O) groups is 1. The maximum atomic E-state index is 12.2. The van der Waals surface area contributed by atoms with Crippen LogP contribution in [0.1, 0.15) is 42.1 Å². The largest absolute Gasteiger partial charge is 0.487 e. The fourth-order valence-corrected chi connectivity index (χ4v) is 2.53. The number of para-hydroxylation sites is 1. The molecule has 0 fully saturated rings. The van der Waals surface area contributed by atoms with E-state index in [1.165, 1.54) is 0 Å². The monoisotopic (exact) mass is 364 g/mol. The first kappa shape index (κ1) is 18.7. The molecular formula is C22H24N2O3. The van der Waals surface area contributed by atoms with E-state index in [0.29, 0.717) is 18.1 Å². The molecule has 0 aliphatic carbocycles. The normalized spacial score (nSPS) is 11.8. The Bertz CT molecular complexity index is 886. The zero-order chi connectivity index (χ0) is 19.2. The van der Waals surface area contributed by atoms with Crippen LogP contribution in [-0.2, 0) is 6.61 Å².